The van der Waals surface area contributed by atoms with Crippen molar-refractivity contribution in [2.45, 2.75) is 26.7 Å². The molecule has 2 aliphatic rings. The molecule has 22 heavy (non-hydrogen) atoms. The number of rotatable bonds is 4. The Hall–Kier alpha value is -1.55. The summed E-state index contributed by atoms with van der Waals surface area (Å²) >= 11 is 0. The summed E-state index contributed by atoms with van der Waals surface area (Å²) in [5, 5.41) is 0. The maximum absolute atomic E-state index is 12.4. The van der Waals surface area contributed by atoms with Crippen LogP contribution < -0.4 is 9.80 Å². The molecule has 1 amide bonds. The SMILES string of the molecule is CC(C)C(=O)N1CCN(CCN2CCCC2)c2ccccc21. The van der Waals surface area contributed by atoms with Crippen molar-refractivity contribution in [2.75, 3.05) is 49.1 Å². The first-order valence-corrected chi connectivity index (χ1v) is 8.54. The summed E-state index contributed by atoms with van der Waals surface area (Å²) in [7, 11) is 0. The number of carbonyl (C=O) groups excluding carboxylic acids is 1. The van der Waals surface area contributed by atoms with E-state index < -0.39 is 0 Å². The van der Waals surface area contributed by atoms with Gasteiger partial charge in [-0.1, -0.05) is 26.0 Å². The second-order valence-electron chi connectivity index (χ2n) is 6.67. The van der Waals surface area contributed by atoms with Crippen LogP contribution in [0.25, 0.3) is 0 Å². The number of anilines is 2. The number of hydrogen-bond acceptors (Lipinski definition) is 3. The van der Waals surface area contributed by atoms with Gasteiger partial charge in [-0.2, -0.15) is 0 Å². The van der Waals surface area contributed by atoms with Gasteiger partial charge in [0.2, 0.25) is 5.91 Å². The van der Waals surface area contributed by atoms with Crippen LogP contribution in [0.1, 0.15) is 26.7 Å². The zero-order valence-corrected chi connectivity index (χ0v) is 13.8. The van der Waals surface area contributed by atoms with Crippen LogP contribution in [0, 0.1) is 5.92 Å². The normalized spacial score (nSPS) is 18.9. The first kappa shape index (κ1) is 15.3. The Labute approximate surface area is 133 Å². The first-order chi connectivity index (χ1) is 10.7. The van der Waals surface area contributed by atoms with Crippen LogP contribution in [-0.2, 0) is 4.79 Å². The van der Waals surface area contributed by atoms with Gasteiger partial charge in [0.1, 0.15) is 0 Å². The molecule has 0 saturated carbocycles. The van der Waals surface area contributed by atoms with Gasteiger partial charge in [0.25, 0.3) is 0 Å². The summed E-state index contributed by atoms with van der Waals surface area (Å²) < 4.78 is 0. The van der Waals surface area contributed by atoms with E-state index >= 15 is 0 Å². The fourth-order valence-electron chi connectivity index (χ4n) is 3.46. The Morgan fingerprint density at radius 1 is 1.00 bits per heavy atom. The van der Waals surface area contributed by atoms with Crippen LogP contribution in [0.15, 0.2) is 24.3 Å². The Bertz CT molecular complexity index is 523. The maximum atomic E-state index is 12.4. The predicted octanol–water partition coefficient (Wildman–Crippen LogP) is 2.59. The number of likely N-dealkylation sites (tertiary alicyclic amines) is 1. The molecule has 0 spiro atoms. The molecule has 0 radical (unpaired) electrons. The van der Waals surface area contributed by atoms with Crippen molar-refractivity contribution in [3.63, 3.8) is 0 Å². The van der Waals surface area contributed by atoms with Crippen molar-refractivity contribution in [2.24, 2.45) is 5.92 Å². The van der Waals surface area contributed by atoms with E-state index in [1.807, 2.05) is 24.8 Å². The van der Waals surface area contributed by atoms with E-state index in [1.54, 1.807) is 0 Å². The zero-order valence-electron chi connectivity index (χ0n) is 13.8. The Balaban J connectivity index is 1.74. The molecule has 2 aliphatic heterocycles. The van der Waals surface area contributed by atoms with E-state index in [2.05, 4.69) is 28.0 Å². The molecule has 0 N–H and O–H groups in total. The molecule has 0 aliphatic carbocycles. The topological polar surface area (TPSA) is 26.8 Å². The van der Waals surface area contributed by atoms with E-state index in [-0.39, 0.29) is 11.8 Å². The van der Waals surface area contributed by atoms with Crippen molar-refractivity contribution < 1.29 is 4.79 Å². The number of benzene rings is 1. The van der Waals surface area contributed by atoms with Crippen molar-refractivity contribution in [3.8, 4) is 0 Å². The predicted molar refractivity (Wildman–Crippen MR) is 91.5 cm³/mol. The molecular formula is C18H27N3O. The molecule has 1 aromatic carbocycles. The van der Waals surface area contributed by atoms with Gasteiger partial charge in [-0.25, -0.2) is 0 Å². The highest BCUT2D eigenvalue weighted by Crippen LogP contribution is 2.33. The fourth-order valence-corrected chi connectivity index (χ4v) is 3.46. The molecule has 0 atom stereocenters. The highest BCUT2D eigenvalue weighted by molar-refractivity contribution is 5.98. The fraction of sp³-hybridized carbons (Fsp3) is 0.611. The molecule has 3 rings (SSSR count). The smallest absolute Gasteiger partial charge is 0.229 e. The molecule has 120 valence electrons. The maximum Gasteiger partial charge on any atom is 0.229 e. The van der Waals surface area contributed by atoms with E-state index in [0.29, 0.717) is 0 Å². The van der Waals surface area contributed by atoms with E-state index in [1.165, 1.54) is 31.6 Å². The minimum Gasteiger partial charge on any atom is -0.367 e. The lowest BCUT2D eigenvalue weighted by Gasteiger charge is -2.39. The van der Waals surface area contributed by atoms with Crippen molar-refractivity contribution in [1.29, 1.82) is 0 Å². The minimum absolute atomic E-state index is 0.0456. The van der Waals surface area contributed by atoms with Crippen molar-refractivity contribution in [1.82, 2.24) is 4.90 Å². The van der Waals surface area contributed by atoms with Crippen molar-refractivity contribution in [3.05, 3.63) is 24.3 Å². The summed E-state index contributed by atoms with van der Waals surface area (Å²) in [6.45, 7) is 10.4. The lowest BCUT2D eigenvalue weighted by molar-refractivity contribution is -0.121. The highest BCUT2D eigenvalue weighted by Gasteiger charge is 2.27. The lowest BCUT2D eigenvalue weighted by atomic mass is 10.1. The summed E-state index contributed by atoms with van der Waals surface area (Å²) in [5.74, 6) is 0.274. The highest BCUT2D eigenvalue weighted by atomic mass is 16.2. The Morgan fingerprint density at radius 2 is 1.68 bits per heavy atom. The van der Waals surface area contributed by atoms with Gasteiger partial charge in [0.05, 0.1) is 11.4 Å². The summed E-state index contributed by atoms with van der Waals surface area (Å²) in [6, 6.07) is 8.34. The standard InChI is InChI=1S/C18H27N3O/c1-15(2)18(22)21-14-13-20(12-11-19-9-5-6-10-19)16-7-3-4-8-17(16)21/h3-4,7-8,15H,5-6,9-14H2,1-2H3. The van der Waals surface area contributed by atoms with Crippen LogP contribution in [0.5, 0.6) is 0 Å². The van der Waals surface area contributed by atoms with Crippen LogP contribution in [0.3, 0.4) is 0 Å². The monoisotopic (exact) mass is 301 g/mol. The molecule has 0 unspecified atom stereocenters. The molecule has 0 aromatic heterocycles. The third-order valence-electron chi connectivity index (χ3n) is 4.75. The van der Waals surface area contributed by atoms with Crippen LogP contribution in [0.4, 0.5) is 11.4 Å². The Kier molecular flexibility index (Phi) is 4.67. The number of para-hydroxylation sites is 2. The second kappa shape index (κ2) is 6.69. The van der Waals surface area contributed by atoms with Gasteiger partial charge in [0.15, 0.2) is 0 Å². The third-order valence-corrected chi connectivity index (χ3v) is 4.75. The number of fused-ring (bicyclic) bond motifs is 1. The van der Waals surface area contributed by atoms with Gasteiger partial charge < -0.3 is 14.7 Å². The van der Waals surface area contributed by atoms with Gasteiger partial charge in [0, 0.05) is 32.1 Å². The van der Waals surface area contributed by atoms with Gasteiger partial charge in [-0.3, -0.25) is 4.79 Å². The van der Waals surface area contributed by atoms with Crippen LogP contribution >= 0.6 is 0 Å². The van der Waals surface area contributed by atoms with Gasteiger partial charge >= 0.3 is 0 Å². The number of carbonyl (C=O) groups is 1. The van der Waals surface area contributed by atoms with E-state index in [9.17, 15) is 4.79 Å². The quantitative estimate of drug-likeness (QED) is 0.855. The summed E-state index contributed by atoms with van der Waals surface area (Å²) in [6.07, 6.45) is 2.68. The third kappa shape index (κ3) is 3.12. The average molecular weight is 301 g/mol. The lowest BCUT2D eigenvalue weighted by Crippen LogP contribution is -2.47. The Morgan fingerprint density at radius 3 is 2.36 bits per heavy atom. The molecule has 1 fully saturated rings. The molecule has 4 nitrogen and oxygen atoms in total. The first-order valence-electron chi connectivity index (χ1n) is 8.54. The molecule has 0 bridgehead atoms. The van der Waals surface area contributed by atoms with E-state index in [0.717, 1.165) is 31.9 Å². The second-order valence-corrected chi connectivity index (χ2v) is 6.67. The summed E-state index contributed by atoms with van der Waals surface area (Å²) in [5.41, 5.74) is 2.29. The largest absolute Gasteiger partial charge is 0.367 e. The zero-order chi connectivity index (χ0) is 15.5. The minimum atomic E-state index is 0.0456. The van der Waals surface area contributed by atoms with Gasteiger partial charge in [-0.15, -0.1) is 0 Å². The molecule has 1 aromatic rings. The number of amides is 1. The molecular weight excluding hydrogens is 274 g/mol. The van der Waals surface area contributed by atoms with E-state index in [4.69, 9.17) is 0 Å². The number of hydrogen-bond donors (Lipinski definition) is 0. The molecule has 1 saturated heterocycles. The van der Waals surface area contributed by atoms with Crippen LogP contribution in [-0.4, -0.2) is 50.1 Å². The average Bonchev–Trinajstić information content (AvgIpc) is 3.05. The van der Waals surface area contributed by atoms with Crippen molar-refractivity contribution >= 4 is 17.3 Å². The number of nitrogens with zero attached hydrogens (tertiary/aromatic N) is 3. The van der Waals surface area contributed by atoms with Gasteiger partial charge in [-0.05, 0) is 38.1 Å². The molecule has 4 heteroatoms. The summed E-state index contributed by atoms with van der Waals surface area (Å²) in [4.78, 5) is 19.4. The van der Waals surface area contributed by atoms with Crippen LogP contribution in [0.2, 0.25) is 0 Å². The molecule has 2 heterocycles.